The summed E-state index contributed by atoms with van der Waals surface area (Å²) in [7, 11) is 3.30. The fourth-order valence-electron chi connectivity index (χ4n) is 1.35. The monoisotopic (exact) mass is 231 g/mol. The minimum absolute atomic E-state index is 0.349. The molecule has 0 N–H and O–H groups in total. The number of hydrogen-bond donors (Lipinski definition) is 0. The zero-order valence-electron chi connectivity index (χ0n) is 10.6. The number of nitrogens with zero attached hydrogens (tertiary/aromatic N) is 2. The van der Waals surface area contributed by atoms with Gasteiger partial charge >= 0.3 is 5.97 Å². The van der Waals surface area contributed by atoms with Crippen molar-refractivity contribution < 1.29 is 9.53 Å². The molecule has 0 unspecified atom stereocenters. The van der Waals surface area contributed by atoms with Gasteiger partial charge in [0.15, 0.2) is 13.1 Å². The summed E-state index contributed by atoms with van der Waals surface area (Å²) < 4.78 is 4.60. The number of aliphatic imine (C=N–C) groups is 1. The highest BCUT2D eigenvalue weighted by molar-refractivity contribution is 6.74. The number of esters is 1. The van der Waals surface area contributed by atoms with E-state index in [9.17, 15) is 4.79 Å². The molecule has 0 aliphatic heterocycles. The molecule has 0 spiro atoms. The van der Waals surface area contributed by atoms with Crippen LogP contribution in [-0.4, -0.2) is 31.0 Å². The third-order valence-corrected chi connectivity index (χ3v) is 2.30. The van der Waals surface area contributed by atoms with E-state index >= 15 is 0 Å². The summed E-state index contributed by atoms with van der Waals surface area (Å²) in [5, 5.41) is 0. The van der Waals surface area contributed by atoms with Crippen molar-refractivity contribution in [2.75, 3.05) is 7.11 Å². The summed E-state index contributed by atoms with van der Waals surface area (Å²) in [5.41, 5.74) is 1.40. The molecule has 5 heteroatoms. The van der Waals surface area contributed by atoms with Crippen molar-refractivity contribution in [1.82, 2.24) is 4.98 Å². The predicted molar refractivity (Wildman–Crippen MR) is 69.1 cm³/mol. The molecular weight excluding hydrogens is 215 g/mol. The number of pyridine rings is 1. The fourth-order valence-corrected chi connectivity index (χ4v) is 1.35. The molecule has 0 saturated heterocycles. The lowest BCUT2D eigenvalue weighted by Gasteiger charge is -2.06. The van der Waals surface area contributed by atoms with Gasteiger partial charge in [0.05, 0.1) is 12.7 Å². The van der Waals surface area contributed by atoms with Crippen LogP contribution in [0.4, 0.5) is 5.82 Å². The number of ether oxygens (including phenoxy) is 1. The van der Waals surface area contributed by atoms with Gasteiger partial charge in [-0.15, -0.1) is 0 Å². The molecule has 1 heterocycles. The maximum atomic E-state index is 11.2. The molecule has 89 valence electrons. The van der Waals surface area contributed by atoms with E-state index in [2.05, 4.69) is 28.6 Å². The Bertz CT molecular complexity index is 413. The predicted octanol–water partition coefficient (Wildman–Crippen LogP) is 2.31. The van der Waals surface area contributed by atoms with Crippen molar-refractivity contribution in [2.24, 2.45) is 10.9 Å². The third-order valence-electron chi connectivity index (χ3n) is 2.30. The Morgan fingerprint density at radius 3 is 2.59 bits per heavy atom. The second kappa shape index (κ2) is 6.18. The van der Waals surface area contributed by atoms with Crippen LogP contribution in [0.5, 0.6) is 0 Å². The van der Waals surface area contributed by atoms with Gasteiger partial charge in [0.1, 0.15) is 0 Å². The zero-order valence-corrected chi connectivity index (χ0v) is 10.6. The van der Waals surface area contributed by atoms with E-state index in [0.29, 0.717) is 17.3 Å². The summed E-state index contributed by atoms with van der Waals surface area (Å²) in [4.78, 5) is 19.7. The van der Waals surface area contributed by atoms with Crippen LogP contribution in [-0.2, 0) is 4.74 Å². The molecule has 1 aromatic heterocycles. The maximum Gasteiger partial charge on any atom is 0.339 e. The van der Waals surface area contributed by atoms with Crippen LogP contribution in [0, 0.1) is 5.92 Å². The summed E-state index contributed by atoms with van der Waals surface area (Å²) in [6, 6.07) is 3.36. The van der Waals surface area contributed by atoms with Crippen molar-refractivity contribution >= 4 is 24.7 Å². The molecule has 0 saturated carbocycles. The van der Waals surface area contributed by atoms with Gasteiger partial charge in [-0.25, -0.2) is 14.8 Å². The standard InChI is InChI=1S/C12H16BN2O2/c1-8(2)11(13-3)15-10-6-5-9(7-14-10)12(16)17-4/h5-8H,1-4H3. The lowest BCUT2D eigenvalue weighted by atomic mass is 9.70. The molecule has 17 heavy (non-hydrogen) atoms. The third kappa shape index (κ3) is 3.69. The summed E-state index contributed by atoms with van der Waals surface area (Å²) in [6.45, 7) is 6.09. The number of carbonyl (C=O) groups is 1. The highest BCUT2D eigenvalue weighted by Crippen LogP contribution is 2.11. The number of methoxy groups -OCH3 is 1. The van der Waals surface area contributed by atoms with E-state index in [-0.39, 0.29) is 5.97 Å². The number of aromatic nitrogens is 1. The normalized spacial score (nSPS) is 11.5. The first kappa shape index (κ1) is 13.4. The first-order chi connectivity index (χ1) is 8.08. The molecule has 0 aromatic carbocycles. The minimum atomic E-state index is -0.390. The Kier molecular flexibility index (Phi) is 4.88. The van der Waals surface area contributed by atoms with Gasteiger partial charge in [-0.05, 0) is 23.7 Å². The van der Waals surface area contributed by atoms with Gasteiger partial charge in [-0.1, -0.05) is 20.7 Å². The molecule has 1 rings (SSSR count). The van der Waals surface area contributed by atoms with E-state index < -0.39 is 0 Å². The highest BCUT2D eigenvalue weighted by Gasteiger charge is 2.07. The smallest absolute Gasteiger partial charge is 0.339 e. The molecular formula is C12H16BN2O2. The minimum Gasteiger partial charge on any atom is -0.465 e. The second-order valence-electron chi connectivity index (χ2n) is 3.88. The van der Waals surface area contributed by atoms with E-state index in [4.69, 9.17) is 0 Å². The van der Waals surface area contributed by atoms with Crippen LogP contribution in [0.15, 0.2) is 23.3 Å². The Morgan fingerprint density at radius 2 is 2.18 bits per heavy atom. The SMILES string of the molecule is C[B]C(=Nc1ccc(C(=O)OC)cn1)C(C)C. The fraction of sp³-hybridized carbons (Fsp3) is 0.417. The van der Waals surface area contributed by atoms with E-state index in [1.807, 2.05) is 14.1 Å². The average molecular weight is 231 g/mol. The summed E-state index contributed by atoms with van der Waals surface area (Å²) in [6.07, 6.45) is 1.47. The molecule has 4 nitrogen and oxygen atoms in total. The lowest BCUT2D eigenvalue weighted by Crippen LogP contribution is -2.13. The quantitative estimate of drug-likeness (QED) is 0.453. The van der Waals surface area contributed by atoms with Gasteiger partial charge in [0.25, 0.3) is 0 Å². The molecule has 0 bridgehead atoms. The summed E-state index contributed by atoms with van der Waals surface area (Å²) >= 11 is 0. The van der Waals surface area contributed by atoms with Crippen molar-refractivity contribution in [1.29, 1.82) is 0 Å². The van der Waals surface area contributed by atoms with Crippen LogP contribution >= 0.6 is 0 Å². The van der Waals surface area contributed by atoms with E-state index in [0.717, 1.165) is 5.61 Å². The van der Waals surface area contributed by atoms with Crippen LogP contribution in [0.3, 0.4) is 0 Å². The second-order valence-corrected chi connectivity index (χ2v) is 3.88. The zero-order chi connectivity index (χ0) is 12.8. The Labute approximate surface area is 102 Å². The molecule has 0 fully saturated rings. The number of carbonyl (C=O) groups excluding carboxylic acids is 1. The molecule has 0 aliphatic carbocycles. The van der Waals surface area contributed by atoms with Crippen LogP contribution in [0.1, 0.15) is 24.2 Å². The van der Waals surface area contributed by atoms with Crippen LogP contribution in [0.25, 0.3) is 0 Å². The first-order valence-corrected chi connectivity index (χ1v) is 5.50. The Hall–Kier alpha value is -1.65. The van der Waals surface area contributed by atoms with Gasteiger partial charge in [0.2, 0.25) is 0 Å². The Morgan fingerprint density at radius 1 is 1.47 bits per heavy atom. The highest BCUT2D eigenvalue weighted by atomic mass is 16.5. The maximum absolute atomic E-state index is 11.2. The van der Waals surface area contributed by atoms with E-state index in [1.165, 1.54) is 13.3 Å². The molecule has 1 radical (unpaired) electrons. The lowest BCUT2D eigenvalue weighted by molar-refractivity contribution is 0.0600. The molecule has 0 amide bonds. The van der Waals surface area contributed by atoms with Gasteiger partial charge in [0, 0.05) is 6.20 Å². The topological polar surface area (TPSA) is 51.5 Å². The first-order valence-electron chi connectivity index (χ1n) is 5.50. The van der Waals surface area contributed by atoms with Crippen molar-refractivity contribution in [3.63, 3.8) is 0 Å². The number of hydrogen-bond acceptors (Lipinski definition) is 4. The van der Waals surface area contributed by atoms with Crippen LogP contribution < -0.4 is 0 Å². The average Bonchev–Trinajstić information content (AvgIpc) is 2.35. The largest absolute Gasteiger partial charge is 0.465 e. The Balaban J connectivity index is 2.91. The van der Waals surface area contributed by atoms with Gasteiger partial charge in [-0.3, -0.25) is 0 Å². The number of rotatable bonds is 4. The molecule has 0 aliphatic rings. The van der Waals surface area contributed by atoms with E-state index in [1.54, 1.807) is 12.1 Å². The van der Waals surface area contributed by atoms with Crippen molar-refractivity contribution in [3.8, 4) is 0 Å². The van der Waals surface area contributed by atoms with Crippen molar-refractivity contribution in [2.45, 2.75) is 20.7 Å². The molecule has 0 atom stereocenters. The molecule has 1 aromatic rings. The van der Waals surface area contributed by atoms with Crippen LogP contribution in [0.2, 0.25) is 6.82 Å². The summed E-state index contributed by atoms with van der Waals surface area (Å²) in [5.74, 6) is 0.556. The van der Waals surface area contributed by atoms with Gasteiger partial charge in [-0.2, -0.15) is 0 Å². The van der Waals surface area contributed by atoms with Gasteiger partial charge < -0.3 is 4.74 Å². The van der Waals surface area contributed by atoms with Crippen molar-refractivity contribution in [3.05, 3.63) is 23.9 Å².